The average molecular weight is 534 g/mol. The Kier molecular flexibility index (Phi) is 8.78. The van der Waals surface area contributed by atoms with E-state index in [1.165, 1.54) is 7.11 Å². The topological polar surface area (TPSA) is 109 Å². The van der Waals surface area contributed by atoms with E-state index in [9.17, 15) is 20.1 Å². The lowest BCUT2D eigenvalue weighted by Crippen LogP contribution is -2.59. The molecule has 0 bridgehead atoms. The van der Waals surface area contributed by atoms with Gasteiger partial charge < -0.3 is 29.5 Å². The van der Waals surface area contributed by atoms with Gasteiger partial charge in [0.05, 0.1) is 19.8 Å². The Balaban J connectivity index is 1.54. The second-order valence-electron chi connectivity index (χ2n) is 9.99. The van der Waals surface area contributed by atoms with Crippen molar-refractivity contribution in [3.63, 3.8) is 0 Å². The molecule has 0 unspecified atom stereocenters. The highest BCUT2D eigenvalue weighted by Crippen LogP contribution is 2.37. The molecular weight excluding hydrogens is 498 g/mol. The zero-order chi connectivity index (χ0) is 26.7. The van der Waals surface area contributed by atoms with Crippen molar-refractivity contribution in [3.05, 3.63) is 64.2 Å². The number of methoxy groups -OCH3 is 1. The molecule has 2 aromatic carbocycles. The van der Waals surface area contributed by atoms with Crippen molar-refractivity contribution < 1.29 is 34.3 Å². The summed E-state index contributed by atoms with van der Waals surface area (Å²) >= 11 is 6.50. The zero-order valence-corrected chi connectivity index (χ0v) is 22.2. The SMILES string of the molecule is CCOc1ccc(Cc2cc([C@@H]3O[C@H](CN4CCC[C@@]4(C)C(=O)OC)[C@@H](O)[C@H](O)[C@H]3O)ccc2Cl)cc1. The number of hydrogen-bond acceptors (Lipinski definition) is 8. The van der Waals surface area contributed by atoms with E-state index in [0.717, 1.165) is 23.3 Å². The van der Waals surface area contributed by atoms with Gasteiger partial charge >= 0.3 is 5.97 Å². The van der Waals surface area contributed by atoms with Crippen LogP contribution in [0.1, 0.15) is 49.5 Å². The first-order valence-electron chi connectivity index (χ1n) is 12.7. The molecule has 2 heterocycles. The standard InChI is InChI=1S/C28H36ClNO7/c1-4-36-20-9-6-17(7-10-20)14-19-15-18(8-11-21(19)29)26-25(33)24(32)23(31)22(37-26)16-30-13-5-12-28(30,2)27(34)35-3/h6-11,15,22-26,31-33H,4-5,12-14,16H2,1-3H3/t22-,23-,24+,25-,26+,28+/m1/s1. The number of benzene rings is 2. The van der Waals surface area contributed by atoms with Gasteiger partial charge in [0, 0.05) is 11.6 Å². The molecule has 0 aliphatic carbocycles. The number of halogens is 1. The first-order valence-corrected chi connectivity index (χ1v) is 13.1. The van der Waals surface area contributed by atoms with Gasteiger partial charge in [-0.3, -0.25) is 9.69 Å². The summed E-state index contributed by atoms with van der Waals surface area (Å²) in [7, 11) is 1.36. The first kappa shape index (κ1) is 27.8. The van der Waals surface area contributed by atoms with Gasteiger partial charge in [-0.05, 0) is 74.5 Å². The minimum atomic E-state index is -1.42. The van der Waals surface area contributed by atoms with Crippen molar-refractivity contribution in [1.82, 2.24) is 4.90 Å². The second kappa shape index (κ2) is 11.7. The highest BCUT2D eigenvalue weighted by atomic mass is 35.5. The van der Waals surface area contributed by atoms with Crippen molar-refractivity contribution in [1.29, 1.82) is 0 Å². The van der Waals surface area contributed by atoms with E-state index in [2.05, 4.69) is 0 Å². The average Bonchev–Trinajstić information content (AvgIpc) is 3.27. The molecular formula is C28H36ClNO7. The van der Waals surface area contributed by atoms with Crippen molar-refractivity contribution in [2.75, 3.05) is 26.8 Å². The lowest BCUT2D eigenvalue weighted by atomic mass is 9.89. The Morgan fingerprint density at radius 1 is 1.14 bits per heavy atom. The summed E-state index contributed by atoms with van der Waals surface area (Å²) in [5.74, 6) is 0.453. The minimum Gasteiger partial charge on any atom is -0.494 e. The van der Waals surface area contributed by atoms with Gasteiger partial charge in [-0.25, -0.2) is 0 Å². The summed E-state index contributed by atoms with van der Waals surface area (Å²) in [6.45, 7) is 5.19. The van der Waals surface area contributed by atoms with Crippen LogP contribution in [0.3, 0.4) is 0 Å². The van der Waals surface area contributed by atoms with Crippen LogP contribution >= 0.6 is 11.6 Å². The molecule has 202 valence electrons. The van der Waals surface area contributed by atoms with Gasteiger partial charge in [-0.1, -0.05) is 35.9 Å². The fourth-order valence-electron chi connectivity index (χ4n) is 5.35. The maximum Gasteiger partial charge on any atom is 0.325 e. The number of hydrogen-bond donors (Lipinski definition) is 3. The van der Waals surface area contributed by atoms with Crippen molar-refractivity contribution >= 4 is 17.6 Å². The minimum absolute atomic E-state index is 0.208. The number of aliphatic hydroxyl groups excluding tert-OH is 3. The summed E-state index contributed by atoms with van der Waals surface area (Å²) in [5, 5.41) is 32.9. The van der Waals surface area contributed by atoms with Crippen molar-refractivity contribution in [2.45, 2.75) is 69.2 Å². The molecule has 2 aromatic rings. The molecule has 37 heavy (non-hydrogen) atoms. The van der Waals surface area contributed by atoms with Crippen molar-refractivity contribution in [3.8, 4) is 5.75 Å². The Hall–Kier alpha value is -2.20. The molecule has 3 N–H and O–H groups in total. The fourth-order valence-corrected chi connectivity index (χ4v) is 5.54. The fraction of sp³-hybridized carbons (Fsp3) is 0.536. The normalized spacial score (nSPS) is 30.3. The van der Waals surface area contributed by atoms with Crippen LogP contribution < -0.4 is 4.74 Å². The summed E-state index contributed by atoms with van der Waals surface area (Å²) in [6.07, 6.45) is -3.79. The van der Waals surface area contributed by atoms with E-state index in [1.807, 2.05) is 49.1 Å². The van der Waals surface area contributed by atoms with Crippen LogP contribution in [-0.4, -0.2) is 82.9 Å². The third-order valence-electron chi connectivity index (χ3n) is 7.55. The van der Waals surface area contributed by atoms with E-state index in [-0.39, 0.29) is 12.5 Å². The van der Waals surface area contributed by atoms with Crippen LogP contribution in [0.15, 0.2) is 42.5 Å². The Bertz CT molecular complexity index is 1080. The molecule has 0 radical (unpaired) electrons. The van der Waals surface area contributed by atoms with E-state index in [1.54, 1.807) is 12.1 Å². The Morgan fingerprint density at radius 2 is 1.86 bits per heavy atom. The number of carbonyl (C=O) groups excluding carboxylic acids is 1. The quantitative estimate of drug-likeness (QED) is 0.445. The van der Waals surface area contributed by atoms with E-state index in [0.29, 0.717) is 36.6 Å². The molecule has 2 fully saturated rings. The third kappa shape index (κ3) is 5.79. The molecule has 0 amide bonds. The molecule has 4 rings (SSSR count). The molecule has 8 nitrogen and oxygen atoms in total. The molecule has 2 aliphatic heterocycles. The van der Waals surface area contributed by atoms with E-state index >= 15 is 0 Å². The molecule has 0 spiro atoms. The Morgan fingerprint density at radius 3 is 2.54 bits per heavy atom. The second-order valence-corrected chi connectivity index (χ2v) is 10.4. The summed E-state index contributed by atoms with van der Waals surface area (Å²) < 4.78 is 16.7. The molecule has 9 heteroatoms. The van der Waals surface area contributed by atoms with Crippen molar-refractivity contribution in [2.24, 2.45) is 0 Å². The number of likely N-dealkylation sites (tertiary alicyclic amines) is 1. The van der Waals surface area contributed by atoms with Crippen LogP contribution in [0.25, 0.3) is 0 Å². The predicted molar refractivity (Wildman–Crippen MR) is 139 cm³/mol. The van der Waals surface area contributed by atoms with E-state index in [4.69, 9.17) is 25.8 Å². The predicted octanol–water partition coefficient (Wildman–Crippen LogP) is 2.88. The van der Waals surface area contributed by atoms with Gasteiger partial charge in [-0.2, -0.15) is 0 Å². The highest BCUT2D eigenvalue weighted by Gasteiger charge is 2.49. The maximum absolute atomic E-state index is 12.5. The van der Waals surface area contributed by atoms with Crippen LogP contribution in [0.5, 0.6) is 5.75 Å². The number of esters is 1. The van der Waals surface area contributed by atoms with Crippen LogP contribution in [-0.2, 0) is 20.7 Å². The third-order valence-corrected chi connectivity index (χ3v) is 7.92. The van der Waals surface area contributed by atoms with E-state index < -0.39 is 36.1 Å². The molecule has 6 atom stereocenters. The van der Waals surface area contributed by atoms with Gasteiger partial charge in [-0.15, -0.1) is 0 Å². The zero-order valence-electron chi connectivity index (χ0n) is 21.5. The smallest absolute Gasteiger partial charge is 0.325 e. The van der Waals surface area contributed by atoms with Gasteiger partial charge in [0.25, 0.3) is 0 Å². The number of aliphatic hydroxyl groups is 3. The number of nitrogens with zero attached hydrogens (tertiary/aromatic N) is 1. The van der Waals surface area contributed by atoms with Gasteiger partial charge in [0.1, 0.15) is 35.7 Å². The molecule has 2 saturated heterocycles. The maximum atomic E-state index is 12.5. The highest BCUT2D eigenvalue weighted by molar-refractivity contribution is 6.31. The summed E-state index contributed by atoms with van der Waals surface area (Å²) in [6, 6.07) is 13.1. The molecule has 2 aliphatic rings. The van der Waals surface area contributed by atoms with Crippen LogP contribution in [0, 0.1) is 0 Å². The summed E-state index contributed by atoms with van der Waals surface area (Å²) in [5.41, 5.74) is 1.69. The lowest BCUT2D eigenvalue weighted by molar-refractivity contribution is -0.229. The van der Waals surface area contributed by atoms with Crippen LogP contribution in [0.2, 0.25) is 5.02 Å². The largest absolute Gasteiger partial charge is 0.494 e. The summed E-state index contributed by atoms with van der Waals surface area (Å²) in [4.78, 5) is 14.4. The number of ether oxygens (including phenoxy) is 3. The Labute approximate surface area is 222 Å². The first-order chi connectivity index (χ1) is 17.7. The van der Waals surface area contributed by atoms with Crippen LogP contribution in [0.4, 0.5) is 0 Å². The molecule has 0 saturated carbocycles. The van der Waals surface area contributed by atoms with Gasteiger partial charge in [0.2, 0.25) is 0 Å². The van der Waals surface area contributed by atoms with Gasteiger partial charge in [0.15, 0.2) is 0 Å². The lowest BCUT2D eigenvalue weighted by Gasteiger charge is -2.44. The monoisotopic (exact) mass is 533 g/mol. The molecule has 0 aromatic heterocycles. The number of rotatable bonds is 8. The number of carbonyl (C=O) groups is 1.